The predicted molar refractivity (Wildman–Crippen MR) is 99.2 cm³/mol. The Kier molecular flexibility index (Phi) is 8.25. The number of hydrogen-bond donors (Lipinski definition) is 2. The van der Waals surface area contributed by atoms with E-state index < -0.39 is 0 Å². The molecule has 0 radical (unpaired) electrons. The molecular weight excluding hydrogens is 404 g/mol. The summed E-state index contributed by atoms with van der Waals surface area (Å²) in [6.07, 6.45) is 0. The number of rotatable bonds is 5. The van der Waals surface area contributed by atoms with Crippen LogP contribution in [0.25, 0.3) is 0 Å². The summed E-state index contributed by atoms with van der Waals surface area (Å²) in [4.78, 5) is 4.30. The van der Waals surface area contributed by atoms with Gasteiger partial charge in [-0.15, -0.1) is 24.0 Å². The van der Waals surface area contributed by atoms with Crippen molar-refractivity contribution in [3.05, 3.63) is 46.8 Å². The van der Waals surface area contributed by atoms with Crippen LogP contribution in [0.5, 0.6) is 0 Å². The average Bonchev–Trinajstić information content (AvgIpc) is 2.33. The number of nitrogens with one attached hydrogen (secondary N) is 1. The maximum absolute atomic E-state index is 13.1. The van der Waals surface area contributed by atoms with Gasteiger partial charge < -0.3 is 11.1 Å². The van der Waals surface area contributed by atoms with Crippen molar-refractivity contribution in [2.75, 3.05) is 13.1 Å². The molecule has 0 saturated carbocycles. The minimum atomic E-state index is -0.347. The van der Waals surface area contributed by atoms with Crippen LogP contribution in [0.1, 0.15) is 26.3 Å². The van der Waals surface area contributed by atoms with Crippen LogP contribution in [-0.2, 0) is 5.41 Å². The molecular formula is C15H22ClFIN3. The van der Waals surface area contributed by atoms with Gasteiger partial charge in [-0.1, -0.05) is 43.7 Å². The maximum Gasteiger partial charge on any atom is 0.188 e. The molecule has 118 valence electrons. The molecule has 1 aromatic carbocycles. The molecule has 0 aliphatic heterocycles. The van der Waals surface area contributed by atoms with E-state index in [1.165, 1.54) is 12.1 Å². The van der Waals surface area contributed by atoms with Gasteiger partial charge in [-0.2, -0.15) is 0 Å². The van der Waals surface area contributed by atoms with Crippen molar-refractivity contribution in [3.63, 3.8) is 0 Å². The van der Waals surface area contributed by atoms with Gasteiger partial charge in [0.2, 0.25) is 0 Å². The zero-order valence-corrected chi connectivity index (χ0v) is 15.6. The molecule has 0 aliphatic rings. The van der Waals surface area contributed by atoms with E-state index in [1.807, 2.05) is 20.8 Å². The predicted octanol–water partition coefficient (Wildman–Crippen LogP) is 3.86. The molecule has 0 fully saturated rings. The summed E-state index contributed by atoms with van der Waals surface area (Å²) < 4.78 is 13.1. The zero-order chi connectivity index (χ0) is 15.3. The van der Waals surface area contributed by atoms with Gasteiger partial charge >= 0.3 is 0 Å². The summed E-state index contributed by atoms with van der Waals surface area (Å²) in [7, 11) is 0. The highest BCUT2D eigenvalue weighted by atomic mass is 127. The van der Waals surface area contributed by atoms with Gasteiger partial charge in [0.15, 0.2) is 5.96 Å². The summed E-state index contributed by atoms with van der Waals surface area (Å²) in [6.45, 7) is 10.7. The van der Waals surface area contributed by atoms with Crippen molar-refractivity contribution in [1.82, 2.24) is 5.32 Å². The van der Waals surface area contributed by atoms with E-state index in [-0.39, 0.29) is 35.2 Å². The summed E-state index contributed by atoms with van der Waals surface area (Å²) in [5.74, 6) is 0.0139. The highest BCUT2D eigenvalue weighted by Crippen LogP contribution is 2.30. The highest BCUT2D eigenvalue weighted by Gasteiger charge is 2.23. The van der Waals surface area contributed by atoms with Crippen LogP contribution >= 0.6 is 35.6 Å². The quantitative estimate of drug-likeness (QED) is 0.326. The molecule has 0 atom stereocenters. The first-order valence-corrected chi connectivity index (χ1v) is 6.74. The van der Waals surface area contributed by atoms with Gasteiger partial charge in [0.05, 0.1) is 6.54 Å². The van der Waals surface area contributed by atoms with Gasteiger partial charge in [-0.3, -0.25) is 4.99 Å². The Morgan fingerprint density at radius 2 is 2.10 bits per heavy atom. The number of nitrogens with zero attached hydrogens (tertiary/aromatic N) is 1. The average molecular weight is 426 g/mol. The van der Waals surface area contributed by atoms with Crippen molar-refractivity contribution in [1.29, 1.82) is 0 Å². The first-order valence-electron chi connectivity index (χ1n) is 6.36. The number of hydrogen-bond acceptors (Lipinski definition) is 1. The second kappa shape index (κ2) is 8.58. The Hall–Kier alpha value is -0.820. The third-order valence-electron chi connectivity index (χ3n) is 2.88. The molecule has 1 aromatic rings. The molecule has 0 bridgehead atoms. The minimum absolute atomic E-state index is 0. The molecule has 3 N–H and O–H groups in total. The minimum Gasteiger partial charge on any atom is -0.370 e. The van der Waals surface area contributed by atoms with Gasteiger partial charge in [0, 0.05) is 17.0 Å². The van der Waals surface area contributed by atoms with E-state index in [9.17, 15) is 4.39 Å². The van der Waals surface area contributed by atoms with Gasteiger partial charge in [-0.05, 0) is 24.6 Å². The highest BCUT2D eigenvalue weighted by molar-refractivity contribution is 14.0. The molecule has 3 nitrogen and oxygen atoms in total. The fraction of sp³-hybridized carbons (Fsp3) is 0.400. The Morgan fingerprint density at radius 3 is 2.62 bits per heavy atom. The number of nitrogens with two attached hydrogens (primary N) is 1. The summed E-state index contributed by atoms with van der Waals surface area (Å²) in [5, 5.41) is 3.37. The monoisotopic (exact) mass is 425 g/mol. The van der Waals surface area contributed by atoms with Crippen LogP contribution in [-0.4, -0.2) is 19.0 Å². The van der Waals surface area contributed by atoms with Crippen molar-refractivity contribution >= 4 is 41.5 Å². The van der Waals surface area contributed by atoms with Crippen molar-refractivity contribution in [2.45, 2.75) is 26.2 Å². The smallest absolute Gasteiger partial charge is 0.188 e. The van der Waals surface area contributed by atoms with Crippen LogP contribution < -0.4 is 11.1 Å². The van der Waals surface area contributed by atoms with Crippen LogP contribution in [0.2, 0.25) is 5.02 Å². The molecule has 0 aliphatic carbocycles. The van der Waals surface area contributed by atoms with Gasteiger partial charge in [0.1, 0.15) is 5.82 Å². The second-order valence-corrected chi connectivity index (χ2v) is 5.93. The molecule has 0 spiro atoms. The molecule has 0 heterocycles. The van der Waals surface area contributed by atoms with Crippen molar-refractivity contribution in [2.24, 2.45) is 10.7 Å². The fourth-order valence-electron chi connectivity index (χ4n) is 1.70. The number of halogens is 3. The van der Waals surface area contributed by atoms with Crippen LogP contribution in [0, 0.1) is 5.82 Å². The fourth-order valence-corrected chi connectivity index (χ4v) is 2.13. The van der Waals surface area contributed by atoms with E-state index >= 15 is 0 Å². The summed E-state index contributed by atoms with van der Waals surface area (Å²) >= 11 is 6.09. The van der Waals surface area contributed by atoms with E-state index in [0.717, 1.165) is 11.1 Å². The molecule has 0 amide bonds. The standard InChI is InChI=1S/C15H21ClFN3.HI/c1-10(2)8-19-14(18)20-9-15(3,4)12-6-5-11(17)7-13(12)16;/h5-7H,1,8-9H2,2-4H3,(H3,18,19,20);1H. The molecule has 0 saturated heterocycles. The van der Waals surface area contributed by atoms with E-state index in [2.05, 4.69) is 16.9 Å². The number of aliphatic imine (C=N–C) groups is 1. The Balaban J connectivity index is 0.00000400. The lowest BCUT2D eigenvalue weighted by Crippen LogP contribution is -2.34. The van der Waals surface area contributed by atoms with E-state index in [1.54, 1.807) is 6.07 Å². The third kappa shape index (κ3) is 6.65. The summed E-state index contributed by atoms with van der Waals surface area (Å²) in [6, 6.07) is 4.39. The molecule has 21 heavy (non-hydrogen) atoms. The summed E-state index contributed by atoms with van der Waals surface area (Å²) in [5.41, 5.74) is 7.26. The molecule has 6 heteroatoms. The Morgan fingerprint density at radius 1 is 1.48 bits per heavy atom. The van der Waals surface area contributed by atoms with Crippen LogP contribution in [0.3, 0.4) is 0 Å². The second-order valence-electron chi connectivity index (χ2n) is 5.52. The lowest BCUT2D eigenvalue weighted by Gasteiger charge is -2.24. The first kappa shape index (κ1) is 20.2. The largest absolute Gasteiger partial charge is 0.370 e. The zero-order valence-electron chi connectivity index (χ0n) is 12.5. The van der Waals surface area contributed by atoms with Crippen molar-refractivity contribution in [3.8, 4) is 0 Å². The maximum atomic E-state index is 13.1. The Labute approximate surface area is 147 Å². The van der Waals surface area contributed by atoms with Crippen LogP contribution in [0.4, 0.5) is 4.39 Å². The van der Waals surface area contributed by atoms with Crippen LogP contribution in [0.15, 0.2) is 35.3 Å². The molecule has 0 unspecified atom stereocenters. The first-order chi connectivity index (χ1) is 9.22. The van der Waals surface area contributed by atoms with E-state index in [0.29, 0.717) is 24.1 Å². The molecule has 1 rings (SSSR count). The number of guanidine groups is 1. The molecule has 0 aromatic heterocycles. The normalized spacial score (nSPS) is 11.8. The van der Waals surface area contributed by atoms with E-state index in [4.69, 9.17) is 17.3 Å². The lowest BCUT2D eigenvalue weighted by molar-refractivity contribution is 0.536. The SMILES string of the molecule is C=C(C)CNC(N)=NCC(C)(C)c1ccc(F)cc1Cl.I. The van der Waals surface area contributed by atoms with Crippen molar-refractivity contribution < 1.29 is 4.39 Å². The number of benzene rings is 1. The third-order valence-corrected chi connectivity index (χ3v) is 3.19. The van der Waals surface area contributed by atoms with Gasteiger partial charge in [-0.25, -0.2) is 4.39 Å². The topological polar surface area (TPSA) is 50.4 Å². The van der Waals surface area contributed by atoms with Gasteiger partial charge in [0.25, 0.3) is 0 Å². The lowest BCUT2D eigenvalue weighted by atomic mass is 9.84. The Bertz CT molecular complexity index is 530.